The largest absolute Gasteiger partial charge is 0.419 e. The molecule has 0 radical (unpaired) electrons. The Kier molecular flexibility index (Phi) is 4.54. The van der Waals surface area contributed by atoms with E-state index in [1.807, 2.05) is 0 Å². The van der Waals surface area contributed by atoms with Crippen LogP contribution in [0.5, 0.6) is 0 Å². The van der Waals surface area contributed by atoms with Crippen molar-refractivity contribution < 1.29 is 13.2 Å². The molecular formula is C10H14F3N3. The molecule has 0 saturated heterocycles. The van der Waals surface area contributed by atoms with E-state index in [4.69, 9.17) is 5.73 Å². The van der Waals surface area contributed by atoms with Crippen LogP contribution in [0.4, 0.5) is 19.0 Å². The summed E-state index contributed by atoms with van der Waals surface area (Å²) in [6.45, 7) is 0.979. The molecule has 0 aliphatic rings. The van der Waals surface area contributed by atoms with E-state index in [0.29, 0.717) is 13.1 Å². The summed E-state index contributed by atoms with van der Waals surface area (Å²) in [5, 5.41) is 2.67. The zero-order valence-electron chi connectivity index (χ0n) is 8.72. The number of hydrogen-bond acceptors (Lipinski definition) is 3. The molecule has 0 atom stereocenters. The van der Waals surface area contributed by atoms with Gasteiger partial charge in [-0.3, -0.25) is 0 Å². The highest BCUT2D eigenvalue weighted by molar-refractivity contribution is 5.45. The van der Waals surface area contributed by atoms with Crippen molar-refractivity contribution in [3.63, 3.8) is 0 Å². The van der Waals surface area contributed by atoms with Crippen LogP contribution in [-0.4, -0.2) is 18.1 Å². The summed E-state index contributed by atoms with van der Waals surface area (Å²) >= 11 is 0. The second-order valence-electron chi connectivity index (χ2n) is 3.32. The van der Waals surface area contributed by atoms with Gasteiger partial charge in [0.2, 0.25) is 0 Å². The topological polar surface area (TPSA) is 50.9 Å². The lowest BCUT2D eigenvalue weighted by Crippen LogP contribution is -2.13. The fraction of sp³-hybridized carbons (Fsp3) is 0.500. The molecular weight excluding hydrogens is 219 g/mol. The summed E-state index contributed by atoms with van der Waals surface area (Å²) in [4.78, 5) is 3.68. The summed E-state index contributed by atoms with van der Waals surface area (Å²) in [5.41, 5.74) is 4.55. The molecule has 6 heteroatoms. The van der Waals surface area contributed by atoms with Crippen molar-refractivity contribution in [2.24, 2.45) is 5.73 Å². The number of anilines is 1. The molecule has 1 aromatic rings. The van der Waals surface area contributed by atoms with Crippen molar-refractivity contribution in [2.45, 2.75) is 19.0 Å². The molecule has 0 aromatic carbocycles. The fourth-order valence-corrected chi connectivity index (χ4v) is 1.25. The maximum Gasteiger partial charge on any atom is 0.419 e. The number of hydrogen-bond donors (Lipinski definition) is 2. The number of halogens is 3. The van der Waals surface area contributed by atoms with Crippen molar-refractivity contribution in [3.8, 4) is 0 Å². The van der Waals surface area contributed by atoms with Crippen molar-refractivity contribution in [1.29, 1.82) is 0 Å². The highest BCUT2D eigenvalue weighted by atomic mass is 19.4. The van der Waals surface area contributed by atoms with Gasteiger partial charge in [0, 0.05) is 12.7 Å². The molecule has 0 bridgehead atoms. The third-order valence-electron chi connectivity index (χ3n) is 2.04. The van der Waals surface area contributed by atoms with Gasteiger partial charge in [-0.25, -0.2) is 4.98 Å². The van der Waals surface area contributed by atoms with E-state index in [-0.39, 0.29) is 5.82 Å². The Morgan fingerprint density at radius 1 is 1.31 bits per heavy atom. The van der Waals surface area contributed by atoms with E-state index >= 15 is 0 Å². The van der Waals surface area contributed by atoms with Crippen molar-refractivity contribution in [3.05, 3.63) is 23.9 Å². The van der Waals surface area contributed by atoms with Crippen LogP contribution >= 0.6 is 0 Å². The number of pyridine rings is 1. The lowest BCUT2D eigenvalue weighted by Gasteiger charge is -2.12. The molecule has 0 fully saturated rings. The average molecular weight is 233 g/mol. The van der Waals surface area contributed by atoms with Crippen LogP contribution in [0.25, 0.3) is 0 Å². The summed E-state index contributed by atoms with van der Waals surface area (Å²) in [6.07, 6.45) is -1.53. The van der Waals surface area contributed by atoms with Crippen LogP contribution in [0.3, 0.4) is 0 Å². The second-order valence-corrected chi connectivity index (χ2v) is 3.32. The van der Waals surface area contributed by atoms with Crippen molar-refractivity contribution >= 4 is 5.82 Å². The number of rotatable bonds is 5. The molecule has 3 nitrogen and oxygen atoms in total. The molecule has 0 aliphatic heterocycles. The van der Waals surface area contributed by atoms with Gasteiger partial charge in [0.1, 0.15) is 5.82 Å². The molecule has 0 aliphatic carbocycles. The minimum atomic E-state index is -4.37. The van der Waals surface area contributed by atoms with E-state index in [0.717, 1.165) is 18.9 Å². The fourth-order valence-electron chi connectivity index (χ4n) is 1.25. The standard InChI is InChI=1S/C10H14F3N3/c11-10(12,13)8-4-3-7-16-9(8)15-6-2-1-5-14/h3-4,7H,1-2,5-6,14H2,(H,15,16). The van der Waals surface area contributed by atoms with E-state index in [2.05, 4.69) is 10.3 Å². The maximum absolute atomic E-state index is 12.5. The molecule has 0 amide bonds. The average Bonchev–Trinajstić information content (AvgIpc) is 2.24. The Balaban J connectivity index is 2.65. The molecule has 1 heterocycles. The van der Waals surface area contributed by atoms with Gasteiger partial charge >= 0.3 is 6.18 Å². The number of aromatic nitrogens is 1. The zero-order chi connectivity index (χ0) is 12.0. The van der Waals surface area contributed by atoms with Crippen LogP contribution in [0.15, 0.2) is 18.3 Å². The molecule has 0 saturated carbocycles. The van der Waals surface area contributed by atoms with Crippen molar-refractivity contribution in [2.75, 3.05) is 18.4 Å². The van der Waals surface area contributed by atoms with E-state index in [9.17, 15) is 13.2 Å². The number of alkyl halides is 3. The number of nitrogens with one attached hydrogen (secondary N) is 1. The first kappa shape index (κ1) is 12.8. The molecule has 3 N–H and O–H groups in total. The highest BCUT2D eigenvalue weighted by Gasteiger charge is 2.33. The molecule has 90 valence electrons. The van der Waals surface area contributed by atoms with Gasteiger partial charge in [0.25, 0.3) is 0 Å². The minimum absolute atomic E-state index is 0.118. The smallest absolute Gasteiger partial charge is 0.370 e. The van der Waals surface area contributed by atoms with E-state index in [1.54, 1.807) is 0 Å². The second kappa shape index (κ2) is 5.69. The van der Waals surface area contributed by atoms with Gasteiger partial charge in [-0.15, -0.1) is 0 Å². The number of nitrogens with zero attached hydrogens (tertiary/aromatic N) is 1. The molecule has 1 rings (SSSR count). The Bertz CT molecular complexity index is 325. The maximum atomic E-state index is 12.5. The molecule has 16 heavy (non-hydrogen) atoms. The number of nitrogens with two attached hydrogens (primary N) is 1. The van der Waals surface area contributed by atoms with Gasteiger partial charge in [-0.1, -0.05) is 0 Å². The minimum Gasteiger partial charge on any atom is -0.370 e. The first-order valence-electron chi connectivity index (χ1n) is 5.02. The first-order valence-corrected chi connectivity index (χ1v) is 5.02. The van der Waals surface area contributed by atoms with Crippen LogP contribution in [0.2, 0.25) is 0 Å². The normalized spacial score (nSPS) is 11.5. The monoisotopic (exact) mass is 233 g/mol. The predicted octanol–water partition coefficient (Wildman–Crippen LogP) is 2.25. The van der Waals surface area contributed by atoms with Crippen LogP contribution in [0.1, 0.15) is 18.4 Å². The third kappa shape index (κ3) is 3.69. The van der Waals surface area contributed by atoms with Gasteiger partial charge in [0.05, 0.1) is 5.56 Å². The first-order chi connectivity index (χ1) is 7.55. The van der Waals surface area contributed by atoms with E-state index < -0.39 is 11.7 Å². The van der Waals surface area contributed by atoms with Crippen LogP contribution in [0, 0.1) is 0 Å². The zero-order valence-corrected chi connectivity index (χ0v) is 8.72. The summed E-state index contributed by atoms with van der Waals surface area (Å²) < 4.78 is 37.6. The third-order valence-corrected chi connectivity index (χ3v) is 2.04. The van der Waals surface area contributed by atoms with Gasteiger partial charge in [0.15, 0.2) is 0 Å². The predicted molar refractivity (Wildman–Crippen MR) is 56.0 cm³/mol. The number of unbranched alkanes of at least 4 members (excludes halogenated alkanes) is 1. The quantitative estimate of drug-likeness (QED) is 0.767. The van der Waals surface area contributed by atoms with E-state index in [1.165, 1.54) is 12.3 Å². The lowest BCUT2D eigenvalue weighted by atomic mass is 10.2. The van der Waals surface area contributed by atoms with Gasteiger partial charge in [-0.05, 0) is 31.5 Å². The molecule has 0 spiro atoms. The highest BCUT2D eigenvalue weighted by Crippen LogP contribution is 2.33. The Hall–Kier alpha value is -1.30. The van der Waals surface area contributed by atoms with Gasteiger partial charge < -0.3 is 11.1 Å². The van der Waals surface area contributed by atoms with Crippen LogP contribution < -0.4 is 11.1 Å². The Labute approximate surface area is 91.9 Å². The van der Waals surface area contributed by atoms with Gasteiger partial charge in [-0.2, -0.15) is 13.2 Å². The molecule has 1 aromatic heterocycles. The Morgan fingerprint density at radius 2 is 2.06 bits per heavy atom. The molecule has 0 unspecified atom stereocenters. The lowest BCUT2D eigenvalue weighted by molar-refractivity contribution is -0.137. The summed E-state index contributed by atoms with van der Waals surface area (Å²) in [6, 6.07) is 2.28. The summed E-state index contributed by atoms with van der Waals surface area (Å²) in [7, 11) is 0. The van der Waals surface area contributed by atoms with Crippen LogP contribution in [-0.2, 0) is 6.18 Å². The Morgan fingerprint density at radius 3 is 2.69 bits per heavy atom. The van der Waals surface area contributed by atoms with Crippen molar-refractivity contribution in [1.82, 2.24) is 4.98 Å². The summed E-state index contributed by atoms with van der Waals surface area (Å²) in [5.74, 6) is -0.118. The SMILES string of the molecule is NCCCCNc1ncccc1C(F)(F)F.